The van der Waals surface area contributed by atoms with E-state index in [0.29, 0.717) is 11.5 Å². The van der Waals surface area contributed by atoms with Gasteiger partial charge < -0.3 is 4.74 Å². The smallest absolute Gasteiger partial charge is 0.347 e. The molecule has 2 rings (SSSR count). The summed E-state index contributed by atoms with van der Waals surface area (Å²) in [6.45, 7) is 6.22. The van der Waals surface area contributed by atoms with Crippen LogP contribution < -0.4 is 5.46 Å². The molecule has 0 spiro atoms. The first-order chi connectivity index (χ1) is 8.04. The average Bonchev–Trinajstić information content (AvgIpc) is 2.58. The van der Waals surface area contributed by atoms with E-state index in [-0.39, 0.29) is 5.97 Å². The Labute approximate surface area is 105 Å². The summed E-state index contributed by atoms with van der Waals surface area (Å²) in [7, 11) is 1.95. The molecule has 0 bridgehead atoms. The molecular weight excluding hydrogens is 233 g/mol. The Hall–Kier alpha value is -1.36. The summed E-state index contributed by atoms with van der Waals surface area (Å²) >= 11 is 1.41. The second kappa shape index (κ2) is 4.49. The molecule has 3 nitrogen and oxygen atoms in total. The molecule has 0 unspecified atom stereocenters. The number of carbonyl (C=O) groups is 1. The Morgan fingerprint density at radius 3 is 2.88 bits per heavy atom. The van der Waals surface area contributed by atoms with E-state index in [9.17, 15) is 4.79 Å². The Morgan fingerprint density at radius 1 is 1.53 bits per heavy atom. The minimum absolute atomic E-state index is 0.247. The van der Waals surface area contributed by atoms with E-state index in [0.717, 1.165) is 26.9 Å². The Bertz CT molecular complexity index is 592. The number of hydrogen-bond acceptors (Lipinski definition) is 4. The maximum Gasteiger partial charge on any atom is 0.347 e. The van der Waals surface area contributed by atoms with E-state index in [2.05, 4.69) is 11.1 Å². The van der Waals surface area contributed by atoms with Crippen molar-refractivity contribution in [3.63, 3.8) is 0 Å². The molecule has 0 saturated carbocycles. The van der Waals surface area contributed by atoms with Crippen molar-refractivity contribution in [1.29, 1.82) is 0 Å². The van der Waals surface area contributed by atoms with Crippen LogP contribution in [-0.2, 0) is 4.74 Å². The lowest BCUT2D eigenvalue weighted by molar-refractivity contribution is 0.0533. The number of ether oxygens (including phenoxy) is 1. The monoisotopic (exact) mass is 247 g/mol. The highest BCUT2D eigenvalue weighted by Gasteiger charge is 2.17. The van der Waals surface area contributed by atoms with Gasteiger partial charge in [-0.2, -0.15) is 0 Å². The van der Waals surface area contributed by atoms with E-state index < -0.39 is 0 Å². The number of aromatic nitrogens is 1. The van der Waals surface area contributed by atoms with Crippen molar-refractivity contribution in [1.82, 2.24) is 4.98 Å². The number of fused-ring (bicyclic) bond motifs is 1. The van der Waals surface area contributed by atoms with Crippen LogP contribution in [0.5, 0.6) is 0 Å². The van der Waals surface area contributed by atoms with E-state index in [4.69, 9.17) is 4.74 Å². The molecule has 2 aromatic heterocycles. The third kappa shape index (κ3) is 2.07. The molecule has 0 atom stereocenters. The van der Waals surface area contributed by atoms with E-state index in [1.165, 1.54) is 11.3 Å². The summed E-state index contributed by atoms with van der Waals surface area (Å²) in [4.78, 5) is 17.9. The van der Waals surface area contributed by atoms with E-state index in [1.807, 2.05) is 28.6 Å². The molecule has 17 heavy (non-hydrogen) atoms. The normalized spacial score (nSPS) is 10.8. The average molecular weight is 247 g/mol. The van der Waals surface area contributed by atoms with Crippen LogP contribution >= 0.6 is 11.3 Å². The van der Waals surface area contributed by atoms with Crippen molar-refractivity contribution < 1.29 is 9.53 Å². The highest BCUT2D eigenvalue weighted by molar-refractivity contribution is 7.21. The van der Waals surface area contributed by atoms with Gasteiger partial charge in [-0.25, -0.2) is 9.78 Å². The van der Waals surface area contributed by atoms with Crippen LogP contribution in [0.4, 0.5) is 0 Å². The number of hydrogen-bond donors (Lipinski definition) is 0. The number of aryl methyl sites for hydroxylation is 2. The van der Waals surface area contributed by atoms with Crippen molar-refractivity contribution in [3.05, 3.63) is 22.2 Å². The van der Waals surface area contributed by atoms with Gasteiger partial charge >= 0.3 is 5.97 Å². The lowest BCUT2D eigenvalue weighted by Crippen LogP contribution is -2.14. The second-order valence-electron chi connectivity index (χ2n) is 4.02. The highest BCUT2D eigenvalue weighted by atomic mass is 32.1. The number of pyridine rings is 1. The molecular formula is C12H14BNO2S. The first kappa shape index (κ1) is 12.1. The van der Waals surface area contributed by atoms with Gasteiger partial charge in [0.1, 0.15) is 17.6 Å². The lowest BCUT2D eigenvalue weighted by atomic mass is 9.92. The first-order valence-electron chi connectivity index (χ1n) is 5.59. The number of rotatable bonds is 2. The summed E-state index contributed by atoms with van der Waals surface area (Å²) in [5, 5.41) is 1.06. The van der Waals surface area contributed by atoms with Gasteiger partial charge in [-0.1, -0.05) is 5.46 Å². The van der Waals surface area contributed by atoms with Crippen molar-refractivity contribution in [2.45, 2.75) is 20.8 Å². The molecule has 0 aliphatic rings. The molecule has 5 heteroatoms. The topological polar surface area (TPSA) is 39.2 Å². The minimum atomic E-state index is -0.247. The molecule has 0 aliphatic carbocycles. The van der Waals surface area contributed by atoms with Gasteiger partial charge in [-0.3, -0.25) is 0 Å². The van der Waals surface area contributed by atoms with Gasteiger partial charge in [0.25, 0.3) is 0 Å². The molecule has 0 N–H and O–H groups in total. The summed E-state index contributed by atoms with van der Waals surface area (Å²) in [5.41, 5.74) is 3.13. The van der Waals surface area contributed by atoms with Gasteiger partial charge in [0, 0.05) is 11.1 Å². The van der Waals surface area contributed by atoms with Crippen molar-refractivity contribution >= 4 is 40.8 Å². The summed E-state index contributed by atoms with van der Waals surface area (Å²) in [5.74, 6) is -0.247. The van der Waals surface area contributed by atoms with Crippen LogP contribution in [0.15, 0.2) is 6.07 Å². The molecule has 2 aromatic rings. The zero-order chi connectivity index (χ0) is 12.6. The molecule has 0 fully saturated rings. The predicted octanol–water partition coefficient (Wildman–Crippen LogP) is 1.35. The molecule has 2 heterocycles. The van der Waals surface area contributed by atoms with Crippen LogP contribution in [0, 0.1) is 13.8 Å². The third-order valence-electron chi connectivity index (χ3n) is 2.84. The second-order valence-corrected chi connectivity index (χ2v) is 5.02. The summed E-state index contributed by atoms with van der Waals surface area (Å²) in [6.07, 6.45) is 0. The molecule has 0 amide bonds. The number of esters is 1. The van der Waals surface area contributed by atoms with Gasteiger partial charge in [0.05, 0.1) is 6.61 Å². The third-order valence-corrected chi connectivity index (χ3v) is 4.02. The molecule has 0 radical (unpaired) electrons. The van der Waals surface area contributed by atoms with Crippen LogP contribution in [0.1, 0.15) is 27.9 Å². The largest absolute Gasteiger partial charge is 0.462 e. The standard InChI is InChI=1S/C12H14BNO2S/c1-4-16-12(15)10-9(13)8-5-6(2)7(3)14-11(8)17-10/h5H,4,13H2,1-3H3. The van der Waals surface area contributed by atoms with Crippen molar-refractivity contribution in [2.75, 3.05) is 6.61 Å². The summed E-state index contributed by atoms with van der Waals surface area (Å²) < 4.78 is 5.04. The Kier molecular flexibility index (Phi) is 3.20. The van der Waals surface area contributed by atoms with Crippen LogP contribution in [0.3, 0.4) is 0 Å². The highest BCUT2D eigenvalue weighted by Crippen LogP contribution is 2.23. The SMILES string of the molecule is Bc1c(C(=O)OCC)sc2nc(C)c(C)cc12. The number of thiophene rings is 1. The van der Waals surface area contributed by atoms with E-state index in [1.54, 1.807) is 0 Å². The van der Waals surface area contributed by atoms with Crippen LogP contribution in [0.2, 0.25) is 0 Å². The molecule has 0 saturated heterocycles. The minimum Gasteiger partial charge on any atom is -0.462 e. The fourth-order valence-electron chi connectivity index (χ4n) is 1.72. The van der Waals surface area contributed by atoms with Crippen molar-refractivity contribution in [3.8, 4) is 0 Å². The number of nitrogens with zero attached hydrogens (tertiary/aromatic N) is 1. The fraction of sp³-hybridized carbons (Fsp3) is 0.333. The van der Waals surface area contributed by atoms with Crippen molar-refractivity contribution in [2.24, 2.45) is 0 Å². The Morgan fingerprint density at radius 2 is 2.24 bits per heavy atom. The van der Waals surface area contributed by atoms with Gasteiger partial charge in [-0.15, -0.1) is 11.3 Å². The Balaban J connectivity index is 2.60. The maximum absolute atomic E-state index is 11.8. The predicted molar refractivity (Wildman–Crippen MR) is 73.2 cm³/mol. The first-order valence-corrected chi connectivity index (χ1v) is 6.40. The van der Waals surface area contributed by atoms with Gasteiger partial charge in [0.15, 0.2) is 0 Å². The lowest BCUT2D eigenvalue weighted by Gasteiger charge is -2.00. The number of carbonyl (C=O) groups excluding carboxylic acids is 1. The van der Waals surface area contributed by atoms with E-state index >= 15 is 0 Å². The van der Waals surface area contributed by atoms with Crippen LogP contribution in [-0.4, -0.2) is 25.4 Å². The molecule has 0 aliphatic heterocycles. The molecule has 0 aromatic carbocycles. The summed E-state index contributed by atoms with van der Waals surface area (Å²) in [6, 6.07) is 2.09. The van der Waals surface area contributed by atoms with Crippen LogP contribution in [0.25, 0.3) is 10.2 Å². The zero-order valence-electron chi connectivity index (χ0n) is 10.5. The fourth-order valence-corrected chi connectivity index (χ4v) is 2.82. The maximum atomic E-state index is 11.8. The molecule has 88 valence electrons. The van der Waals surface area contributed by atoms with Gasteiger partial charge in [0.2, 0.25) is 0 Å². The zero-order valence-corrected chi connectivity index (χ0v) is 11.3. The quantitative estimate of drug-likeness (QED) is 0.594. The van der Waals surface area contributed by atoms with Gasteiger partial charge in [-0.05, 0) is 32.4 Å².